The number of nitrogens with one attached hydrogen (secondary N) is 2. The summed E-state index contributed by atoms with van der Waals surface area (Å²) >= 11 is 6.91. The summed E-state index contributed by atoms with van der Waals surface area (Å²) in [6.45, 7) is 3.85. The van der Waals surface area contributed by atoms with Crippen molar-refractivity contribution in [2.45, 2.75) is 13.8 Å². The van der Waals surface area contributed by atoms with Crippen molar-refractivity contribution in [3.05, 3.63) is 85.8 Å². The average molecular weight is 589 g/mol. The molecule has 0 unspecified atom stereocenters. The second-order valence-corrected chi connectivity index (χ2v) is 9.09. The molecule has 3 aromatic carbocycles. The van der Waals surface area contributed by atoms with Gasteiger partial charge in [0, 0.05) is 11.3 Å². The number of halogens is 2. The molecule has 3 aromatic rings. The largest absolute Gasteiger partial charge is 0.497 e. The minimum atomic E-state index is -0.358. The van der Waals surface area contributed by atoms with E-state index in [2.05, 4.69) is 47.7 Å². The van der Waals surface area contributed by atoms with Crippen molar-refractivity contribution in [2.24, 2.45) is 5.10 Å². The van der Waals surface area contributed by atoms with Crippen LogP contribution in [0.3, 0.4) is 0 Å². The van der Waals surface area contributed by atoms with Gasteiger partial charge in [-0.1, -0.05) is 12.1 Å². The van der Waals surface area contributed by atoms with Crippen molar-refractivity contribution in [2.75, 3.05) is 19.0 Å². The summed E-state index contributed by atoms with van der Waals surface area (Å²) in [6.07, 6.45) is 1.50. The summed E-state index contributed by atoms with van der Waals surface area (Å²) in [5.74, 6) is 0.437. The molecule has 7 nitrogen and oxygen atoms in total. The zero-order valence-corrected chi connectivity index (χ0v) is 22.0. The quantitative estimate of drug-likeness (QED) is 0.264. The van der Waals surface area contributed by atoms with Gasteiger partial charge in [-0.2, -0.15) is 5.10 Å². The summed E-state index contributed by atoms with van der Waals surface area (Å²) in [7, 11) is 1.54. The second-order valence-electron chi connectivity index (χ2n) is 7.38. The van der Waals surface area contributed by atoms with E-state index in [4.69, 9.17) is 9.47 Å². The molecule has 2 amide bonds. The minimum absolute atomic E-state index is 0.159. The molecule has 0 aliphatic heterocycles. The number of aryl methyl sites for hydroxylation is 2. The fraction of sp³-hybridized carbons (Fsp3) is 0.160. The molecule has 176 valence electrons. The Hall–Kier alpha value is -3.17. The number of nitrogens with zero attached hydrogens (tertiary/aromatic N) is 1. The molecule has 0 atom stereocenters. The summed E-state index contributed by atoms with van der Waals surface area (Å²) in [5.41, 5.74) is 6.60. The Morgan fingerprint density at radius 3 is 2.41 bits per heavy atom. The first-order valence-corrected chi connectivity index (χ1v) is 11.8. The van der Waals surface area contributed by atoms with Crippen LogP contribution >= 0.6 is 31.9 Å². The number of carbonyl (C=O) groups is 2. The monoisotopic (exact) mass is 587 g/mol. The van der Waals surface area contributed by atoms with Crippen LogP contribution in [0.25, 0.3) is 0 Å². The lowest BCUT2D eigenvalue weighted by atomic mass is 10.1. The van der Waals surface area contributed by atoms with Crippen molar-refractivity contribution in [1.82, 2.24) is 5.43 Å². The zero-order chi connectivity index (χ0) is 24.7. The molecule has 0 bridgehead atoms. The molecule has 0 spiro atoms. The Kier molecular flexibility index (Phi) is 8.84. The van der Waals surface area contributed by atoms with Crippen molar-refractivity contribution in [3.8, 4) is 11.5 Å². The van der Waals surface area contributed by atoms with Crippen LogP contribution in [0.5, 0.6) is 11.5 Å². The number of anilines is 1. The first-order valence-electron chi connectivity index (χ1n) is 10.2. The van der Waals surface area contributed by atoms with E-state index in [1.54, 1.807) is 36.4 Å². The van der Waals surface area contributed by atoms with Gasteiger partial charge in [0.2, 0.25) is 0 Å². The fourth-order valence-electron chi connectivity index (χ4n) is 2.94. The van der Waals surface area contributed by atoms with Gasteiger partial charge in [0.25, 0.3) is 11.8 Å². The van der Waals surface area contributed by atoms with Crippen LogP contribution in [0.2, 0.25) is 0 Å². The number of rotatable bonds is 8. The van der Waals surface area contributed by atoms with Gasteiger partial charge in [-0.25, -0.2) is 5.43 Å². The van der Waals surface area contributed by atoms with Crippen LogP contribution in [0, 0.1) is 13.8 Å². The maximum absolute atomic E-state index is 12.3. The Balaban J connectivity index is 1.58. The summed E-state index contributed by atoms with van der Waals surface area (Å²) < 4.78 is 12.1. The van der Waals surface area contributed by atoms with Gasteiger partial charge in [0.1, 0.15) is 11.5 Å². The minimum Gasteiger partial charge on any atom is -0.497 e. The van der Waals surface area contributed by atoms with Gasteiger partial charge >= 0.3 is 0 Å². The Labute approximate surface area is 214 Å². The number of hydrazone groups is 1. The number of hydrogen-bond acceptors (Lipinski definition) is 5. The highest BCUT2D eigenvalue weighted by Crippen LogP contribution is 2.34. The van der Waals surface area contributed by atoms with Crippen LogP contribution in [-0.2, 0) is 4.79 Å². The van der Waals surface area contributed by atoms with E-state index in [1.807, 2.05) is 32.0 Å². The van der Waals surface area contributed by atoms with Crippen LogP contribution in [-0.4, -0.2) is 31.7 Å². The van der Waals surface area contributed by atoms with E-state index >= 15 is 0 Å². The number of methoxy groups -OCH3 is 1. The summed E-state index contributed by atoms with van der Waals surface area (Å²) in [5, 5.41) is 6.83. The van der Waals surface area contributed by atoms with Crippen molar-refractivity contribution < 1.29 is 19.1 Å². The lowest BCUT2D eigenvalue weighted by Gasteiger charge is -2.12. The molecule has 0 fully saturated rings. The van der Waals surface area contributed by atoms with Gasteiger partial charge in [-0.3, -0.25) is 9.59 Å². The van der Waals surface area contributed by atoms with Gasteiger partial charge in [0.15, 0.2) is 6.61 Å². The maximum Gasteiger partial charge on any atom is 0.271 e. The van der Waals surface area contributed by atoms with E-state index in [1.165, 1.54) is 13.3 Å². The third-order valence-electron chi connectivity index (χ3n) is 4.87. The molecular weight excluding hydrogens is 566 g/mol. The zero-order valence-electron chi connectivity index (χ0n) is 18.8. The molecule has 0 heterocycles. The molecule has 0 radical (unpaired) electrons. The molecular formula is C25H23Br2N3O4. The third kappa shape index (κ3) is 6.91. The van der Waals surface area contributed by atoms with Crippen molar-refractivity contribution >= 4 is 55.6 Å². The van der Waals surface area contributed by atoms with Crippen LogP contribution < -0.4 is 20.2 Å². The van der Waals surface area contributed by atoms with E-state index < -0.39 is 0 Å². The molecule has 0 saturated heterocycles. The number of benzene rings is 3. The van der Waals surface area contributed by atoms with Gasteiger partial charge in [-0.05, 0) is 105 Å². The number of amides is 2. The van der Waals surface area contributed by atoms with Crippen molar-refractivity contribution in [1.29, 1.82) is 0 Å². The standard InChI is InChI=1S/C25H23Br2N3O4/c1-15-7-8-19(9-16(15)2)29-23(31)14-34-24-21(26)10-17(11-22(24)27)13-28-30-25(32)18-5-4-6-20(12-18)33-3/h4-13H,14H2,1-3H3,(H,29,31)(H,30,32)/b28-13+. The predicted molar refractivity (Wildman–Crippen MR) is 140 cm³/mol. The van der Waals surface area contributed by atoms with E-state index in [0.717, 1.165) is 16.8 Å². The maximum atomic E-state index is 12.3. The van der Waals surface area contributed by atoms with Gasteiger partial charge < -0.3 is 14.8 Å². The Morgan fingerprint density at radius 2 is 1.74 bits per heavy atom. The third-order valence-corrected chi connectivity index (χ3v) is 6.05. The number of ether oxygens (including phenoxy) is 2. The van der Waals surface area contributed by atoms with Crippen LogP contribution in [0.15, 0.2) is 68.6 Å². The Morgan fingerprint density at radius 1 is 1.00 bits per heavy atom. The van der Waals surface area contributed by atoms with E-state index in [0.29, 0.717) is 31.6 Å². The molecule has 0 aliphatic rings. The van der Waals surface area contributed by atoms with Gasteiger partial charge in [0.05, 0.1) is 22.3 Å². The summed E-state index contributed by atoms with van der Waals surface area (Å²) in [4.78, 5) is 24.5. The summed E-state index contributed by atoms with van der Waals surface area (Å²) in [6, 6.07) is 16.0. The molecule has 2 N–H and O–H groups in total. The van der Waals surface area contributed by atoms with E-state index in [-0.39, 0.29) is 18.4 Å². The normalized spacial score (nSPS) is 10.7. The average Bonchev–Trinajstić information content (AvgIpc) is 2.81. The first kappa shape index (κ1) is 25.5. The van der Waals surface area contributed by atoms with E-state index in [9.17, 15) is 9.59 Å². The highest BCUT2D eigenvalue weighted by molar-refractivity contribution is 9.11. The highest BCUT2D eigenvalue weighted by Gasteiger charge is 2.12. The van der Waals surface area contributed by atoms with Crippen LogP contribution in [0.4, 0.5) is 5.69 Å². The molecule has 9 heteroatoms. The molecule has 0 saturated carbocycles. The predicted octanol–water partition coefficient (Wildman–Crippen LogP) is 5.62. The van der Waals surface area contributed by atoms with Gasteiger partial charge in [-0.15, -0.1) is 0 Å². The molecule has 0 aromatic heterocycles. The smallest absolute Gasteiger partial charge is 0.271 e. The molecule has 0 aliphatic carbocycles. The Bertz CT molecular complexity index is 1220. The fourth-order valence-corrected chi connectivity index (χ4v) is 4.39. The highest BCUT2D eigenvalue weighted by atomic mass is 79.9. The van der Waals surface area contributed by atoms with Crippen molar-refractivity contribution in [3.63, 3.8) is 0 Å². The molecule has 3 rings (SSSR count). The lowest BCUT2D eigenvalue weighted by Crippen LogP contribution is -2.20. The lowest BCUT2D eigenvalue weighted by molar-refractivity contribution is -0.118. The first-order chi connectivity index (χ1) is 16.3. The van der Waals surface area contributed by atoms with Crippen LogP contribution in [0.1, 0.15) is 27.0 Å². The number of carbonyl (C=O) groups excluding carboxylic acids is 2. The molecule has 34 heavy (non-hydrogen) atoms. The second kappa shape index (κ2) is 11.8. The topological polar surface area (TPSA) is 89.0 Å². The number of hydrogen-bond donors (Lipinski definition) is 2. The SMILES string of the molecule is COc1cccc(C(=O)N/N=C/c2cc(Br)c(OCC(=O)Nc3ccc(C)c(C)c3)c(Br)c2)c1.